The van der Waals surface area contributed by atoms with Gasteiger partial charge in [-0.1, -0.05) is 31.3 Å². The number of ether oxygens (including phenoxy) is 1. The largest absolute Gasteiger partial charge is 0.469 e. The molecule has 1 heterocycles. The number of aromatic nitrogens is 1. The Morgan fingerprint density at radius 1 is 1.30 bits per heavy atom. The number of nitrogens with zero attached hydrogens (tertiary/aromatic N) is 1. The summed E-state index contributed by atoms with van der Waals surface area (Å²) in [4.78, 5) is 24.7. The van der Waals surface area contributed by atoms with Crippen molar-refractivity contribution >= 4 is 11.9 Å². The van der Waals surface area contributed by atoms with Gasteiger partial charge in [-0.2, -0.15) is 0 Å². The van der Waals surface area contributed by atoms with E-state index in [1.165, 1.54) is 7.11 Å². The van der Waals surface area contributed by atoms with E-state index in [-0.39, 0.29) is 23.8 Å². The quantitative estimate of drug-likeness (QED) is 0.666. The number of carbonyl (C=O) groups is 2. The summed E-state index contributed by atoms with van der Waals surface area (Å²) in [7, 11) is 1.40. The Morgan fingerprint density at radius 3 is 2.74 bits per heavy atom. The van der Waals surface area contributed by atoms with Crippen molar-refractivity contribution in [3.63, 3.8) is 0 Å². The summed E-state index contributed by atoms with van der Waals surface area (Å²) < 4.78 is 10.2. The van der Waals surface area contributed by atoms with E-state index >= 15 is 0 Å². The highest BCUT2D eigenvalue weighted by Gasteiger charge is 2.33. The van der Waals surface area contributed by atoms with Crippen molar-refractivity contribution in [3.8, 4) is 0 Å². The van der Waals surface area contributed by atoms with E-state index in [0.717, 1.165) is 38.5 Å². The van der Waals surface area contributed by atoms with Gasteiger partial charge < -0.3 is 14.6 Å². The van der Waals surface area contributed by atoms with E-state index in [4.69, 9.17) is 9.26 Å². The van der Waals surface area contributed by atoms with Crippen LogP contribution in [0, 0.1) is 12.8 Å². The zero-order valence-corrected chi connectivity index (χ0v) is 14.2. The third-order valence-electron chi connectivity index (χ3n) is 4.47. The van der Waals surface area contributed by atoms with Crippen molar-refractivity contribution in [2.45, 2.75) is 64.8 Å². The van der Waals surface area contributed by atoms with Crippen molar-refractivity contribution in [2.24, 2.45) is 5.92 Å². The summed E-state index contributed by atoms with van der Waals surface area (Å²) in [6, 6.07) is -0.193. The van der Waals surface area contributed by atoms with Gasteiger partial charge in [0, 0.05) is 12.5 Å². The van der Waals surface area contributed by atoms with Crippen LogP contribution in [0.1, 0.15) is 67.3 Å². The molecular formula is C17H26N2O4. The molecule has 2 atom stereocenters. The van der Waals surface area contributed by atoms with Crippen LogP contribution in [-0.4, -0.2) is 30.2 Å². The molecule has 1 aliphatic carbocycles. The summed E-state index contributed by atoms with van der Waals surface area (Å²) in [5.41, 5.74) is 1.11. The number of hydrogen-bond donors (Lipinski definition) is 1. The molecule has 6 heteroatoms. The van der Waals surface area contributed by atoms with E-state index in [2.05, 4.69) is 10.5 Å². The molecule has 0 saturated heterocycles. The van der Waals surface area contributed by atoms with Crippen molar-refractivity contribution in [2.75, 3.05) is 7.11 Å². The zero-order chi connectivity index (χ0) is 16.8. The van der Waals surface area contributed by atoms with Crippen LogP contribution in [0.3, 0.4) is 0 Å². The lowest BCUT2D eigenvalue weighted by Crippen LogP contribution is -2.43. The average Bonchev–Trinajstić information content (AvgIpc) is 2.75. The second-order valence-corrected chi connectivity index (χ2v) is 6.16. The number of aryl methyl sites for hydroxylation is 2. The fourth-order valence-electron chi connectivity index (χ4n) is 3.26. The molecule has 0 bridgehead atoms. The van der Waals surface area contributed by atoms with Gasteiger partial charge in [0.05, 0.1) is 18.7 Å². The molecule has 0 radical (unpaired) electrons. The first-order valence-corrected chi connectivity index (χ1v) is 8.42. The van der Waals surface area contributed by atoms with Gasteiger partial charge in [0.1, 0.15) is 11.3 Å². The van der Waals surface area contributed by atoms with E-state index in [9.17, 15) is 9.59 Å². The first-order valence-electron chi connectivity index (χ1n) is 8.42. The second kappa shape index (κ2) is 8.13. The topological polar surface area (TPSA) is 81.4 Å². The number of carbonyl (C=O) groups excluding carboxylic acids is 2. The summed E-state index contributed by atoms with van der Waals surface area (Å²) in [5.74, 6) is -0.104. The molecule has 6 nitrogen and oxygen atoms in total. The molecule has 1 aromatic rings. The van der Waals surface area contributed by atoms with Gasteiger partial charge in [-0.15, -0.1) is 0 Å². The van der Waals surface area contributed by atoms with Crippen LogP contribution in [0.25, 0.3) is 0 Å². The lowest BCUT2D eigenvalue weighted by molar-refractivity contribution is -0.146. The van der Waals surface area contributed by atoms with Gasteiger partial charge in [0.25, 0.3) is 5.91 Å². The first-order chi connectivity index (χ1) is 11.1. The maximum atomic E-state index is 12.7. The molecule has 1 saturated carbocycles. The first kappa shape index (κ1) is 17.5. The van der Waals surface area contributed by atoms with Crippen LogP contribution >= 0.6 is 0 Å². The second-order valence-electron chi connectivity index (χ2n) is 6.16. The minimum absolute atomic E-state index is 0.193. The predicted octanol–water partition coefficient (Wildman–Crippen LogP) is 2.79. The molecule has 0 aliphatic heterocycles. The Labute approximate surface area is 136 Å². The normalized spacial score (nSPS) is 21.5. The standard InChI is InChI=1S/C17H26N2O4/c1-4-8-14-15(11(2)19-23-14)16(20)18-13-10-7-5-6-9-12(13)17(21)22-3/h12-13H,4-10H2,1-3H3,(H,18,20). The van der Waals surface area contributed by atoms with Gasteiger partial charge in [0.2, 0.25) is 0 Å². The molecule has 1 aliphatic rings. The van der Waals surface area contributed by atoms with Crippen LogP contribution in [0.5, 0.6) is 0 Å². The lowest BCUT2D eigenvalue weighted by atomic mass is 9.94. The highest BCUT2D eigenvalue weighted by atomic mass is 16.5. The third kappa shape index (κ3) is 4.12. The highest BCUT2D eigenvalue weighted by Crippen LogP contribution is 2.25. The zero-order valence-electron chi connectivity index (χ0n) is 14.2. The SMILES string of the molecule is CCCc1onc(C)c1C(=O)NC1CCCCCC1C(=O)OC. The van der Waals surface area contributed by atoms with Gasteiger partial charge in [0.15, 0.2) is 0 Å². The van der Waals surface area contributed by atoms with Crippen molar-refractivity contribution in [3.05, 3.63) is 17.0 Å². The van der Waals surface area contributed by atoms with E-state index in [1.807, 2.05) is 6.92 Å². The minimum Gasteiger partial charge on any atom is -0.469 e. The predicted molar refractivity (Wildman–Crippen MR) is 85.1 cm³/mol. The number of amides is 1. The Balaban J connectivity index is 2.16. The van der Waals surface area contributed by atoms with Crippen molar-refractivity contribution < 1.29 is 18.8 Å². The number of methoxy groups -OCH3 is 1. The summed E-state index contributed by atoms with van der Waals surface area (Å²) >= 11 is 0. The Kier molecular flexibility index (Phi) is 6.19. The third-order valence-corrected chi connectivity index (χ3v) is 4.47. The Bertz CT molecular complexity index is 553. The molecule has 23 heavy (non-hydrogen) atoms. The Morgan fingerprint density at radius 2 is 2.04 bits per heavy atom. The maximum Gasteiger partial charge on any atom is 0.310 e. The molecule has 1 N–H and O–H groups in total. The molecule has 1 amide bonds. The fraction of sp³-hybridized carbons (Fsp3) is 0.706. The van der Waals surface area contributed by atoms with Gasteiger partial charge in [-0.05, 0) is 26.2 Å². The molecule has 1 fully saturated rings. The minimum atomic E-state index is -0.277. The fourth-order valence-corrected chi connectivity index (χ4v) is 3.26. The lowest BCUT2D eigenvalue weighted by Gasteiger charge is -2.24. The highest BCUT2D eigenvalue weighted by molar-refractivity contribution is 5.96. The van der Waals surface area contributed by atoms with Crippen molar-refractivity contribution in [1.29, 1.82) is 0 Å². The van der Waals surface area contributed by atoms with E-state index in [0.29, 0.717) is 23.4 Å². The Hall–Kier alpha value is -1.85. The van der Waals surface area contributed by atoms with Crippen molar-refractivity contribution in [1.82, 2.24) is 10.5 Å². The van der Waals surface area contributed by atoms with Crippen LogP contribution in [0.2, 0.25) is 0 Å². The average molecular weight is 322 g/mol. The maximum absolute atomic E-state index is 12.7. The number of esters is 1. The van der Waals surface area contributed by atoms with Gasteiger partial charge in [-0.3, -0.25) is 9.59 Å². The number of rotatable bonds is 5. The number of nitrogens with one attached hydrogen (secondary N) is 1. The molecule has 0 aromatic carbocycles. The molecule has 1 aromatic heterocycles. The van der Waals surface area contributed by atoms with Crippen LogP contribution in [-0.2, 0) is 16.0 Å². The summed E-state index contributed by atoms with van der Waals surface area (Å²) in [6.45, 7) is 3.79. The van der Waals surface area contributed by atoms with E-state index < -0.39 is 0 Å². The molecule has 2 rings (SSSR count). The molecule has 128 valence electrons. The summed E-state index contributed by atoms with van der Waals surface area (Å²) in [6.07, 6.45) is 6.16. The van der Waals surface area contributed by atoms with Gasteiger partial charge >= 0.3 is 5.97 Å². The van der Waals surface area contributed by atoms with E-state index in [1.54, 1.807) is 6.92 Å². The smallest absolute Gasteiger partial charge is 0.310 e. The molecule has 0 spiro atoms. The number of hydrogen-bond acceptors (Lipinski definition) is 5. The molecular weight excluding hydrogens is 296 g/mol. The van der Waals surface area contributed by atoms with Gasteiger partial charge in [-0.25, -0.2) is 0 Å². The molecule has 2 unspecified atom stereocenters. The monoisotopic (exact) mass is 322 g/mol. The van der Waals surface area contributed by atoms with Crippen LogP contribution in [0.15, 0.2) is 4.52 Å². The summed E-state index contributed by atoms with van der Waals surface area (Å²) in [5, 5.41) is 6.94. The van der Waals surface area contributed by atoms with Crippen LogP contribution < -0.4 is 5.32 Å². The van der Waals surface area contributed by atoms with Crippen LogP contribution in [0.4, 0.5) is 0 Å².